The van der Waals surface area contributed by atoms with Gasteiger partial charge in [0.2, 0.25) is 0 Å². The van der Waals surface area contributed by atoms with Crippen molar-refractivity contribution in [3.8, 4) is 0 Å². The molecule has 2 aromatic carbocycles. The van der Waals surface area contributed by atoms with E-state index in [0.717, 1.165) is 0 Å². The van der Waals surface area contributed by atoms with Gasteiger partial charge in [-0.1, -0.05) is 41.4 Å². The van der Waals surface area contributed by atoms with Gasteiger partial charge in [-0.15, -0.1) is 0 Å². The number of benzene rings is 2. The minimum Gasteiger partial charge on any atom is -0.322 e. The van der Waals surface area contributed by atoms with Crippen LogP contribution in [0.25, 0.3) is 0 Å². The number of rotatable bonds is 4. The molecule has 0 atom stereocenters. The maximum Gasteiger partial charge on any atom is 0.257 e. The van der Waals surface area contributed by atoms with Gasteiger partial charge in [0.25, 0.3) is 11.8 Å². The zero-order valence-electron chi connectivity index (χ0n) is 13.4. The molecular weight excluding hydrogens is 373 g/mol. The lowest BCUT2D eigenvalue weighted by Crippen LogP contribution is -2.16. The van der Waals surface area contributed by atoms with Crippen LogP contribution in [-0.4, -0.2) is 16.8 Å². The Labute approximate surface area is 160 Å². The van der Waals surface area contributed by atoms with Crippen LogP contribution in [0.5, 0.6) is 0 Å². The number of carbonyl (C=O) groups is 2. The largest absolute Gasteiger partial charge is 0.322 e. The van der Waals surface area contributed by atoms with Gasteiger partial charge in [0.05, 0.1) is 11.1 Å². The van der Waals surface area contributed by atoms with E-state index in [1.54, 1.807) is 30.3 Å². The van der Waals surface area contributed by atoms with E-state index in [2.05, 4.69) is 15.6 Å². The highest BCUT2D eigenvalue weighted by Crippen LogP contribution is 2.23. The minimum atomic E-state index is -0.426. The molecule has 5 nitrogen and oxygen atoms in total. The first kappa shape index (κ1) is 17.9. The summed E-state index contributed by atoms with van der Waals surface area (Å²) >= 11 is 11.8. The molecule has 0 bridgehead atoms. The van der Waals surface area contributed by atoms with Crippen molar-refractivity contribution in [1.29, 1.82) is 0 Å². The van der Waals surface area contributed by atoms with Gasteiger partial charge in [-0.25, -0.2) is 0 Å². The van der Waals surface area contributed by atoms with Crippen molar-refractivity contribution in [2.45, 2.75) is 0 Å². The number of amides is 2. The number of para-hydroxylation sites is 1. The van der Waals surface area contributed by atoms with Gasteiger partial charge in [-0.3, -0.25) is 14.6 Å². The third-order valence-corrected chi connectivity index (χ3v) is 3.85. The zero-order valence-corrected chi connectivity index (χ0v) is 14.9. The highest BCUT2D eigenvalue weighted by atomic mass is 35.5. The summed E-state index contributed by atoms with van der Waals surface area (Å²) in [7, 11) is 0. The molecule has 0 fully saturated rings. The molecule has 1 heterocycles. The summed E-state index contributed by atoms with van der Waals surface area (Å²) in [6.45, 7) is 0. The average molecular weight is 386 g/mol. The topological polar surface area (TPSA) is 71.1 Å². The Morgan fingerprint density at radius 1 is 0.731 bits per heavy atom. The molecule has 26 heavy (non-hydrogen) atoms. The van der Waals surface area contributed by atoms with Crippen LogP contribution >= 0.6 is 23.2 Å². The number of hydrogen-bond acceptors (Lipinski definition) is 3. The average Bonchev–Trinajstić information content (AvgIpc) is 2.62. The molecule has 0 saturated heterocycles. The lowest BCUT2D eigenvalue weighted by atomic mass is 10.1. The van der Waals surface area contributed by atoms with Crippen molar-refractivity contribution >= 4 is 46.4 Å². The smallest absolute Gasteiger partial charge is 0.257 e. The Morgan fingerprint density at radius 3 is 1.85 bits per heavy atom. The van der Waals surface area contributed by atoms with Crippen LogP contribution in [-0.2, 0) is 0 Å². The van der Waals surface area contributed by atoms with Crippen LogP contribution < -0.4 is 10.6 Å². The van der Waals surface area contributed by atoms with Crippen LogP contribution in [0.4, 0.5) is 11.4 Å². The molecule has 2 amide bonds. The quantitative estimate of drug-likeness (QED) is 0.671. The molecular formula is C19H13Cl2N3O2. The fourth-order valence-electron chi connectivity index (χ4n) is 2.24. The number of nitrogens with one attached hydrogen (secondary N) is 2. The van der Waals surface area contributed by atoms with Crippen molar-refractivity contribution in [3.63, 3.8) is 0 Å². The second kappa shape index (κ2) is 7.99. The van der Waals surface area contributed by atoms with E-state index >= 15 is 0 Å². The summed E-state index contributed by atoms with van der Waals surface area (Å²) < 4.78 is 0. The van der Waals surface area contributed by atoms with E-state index in [0.29, 0.717) is 21.4 Å². The van der Waals surface area contributed by atoms with Gasteiger partial charge in [0, 0.05) is 33.8 Å². The molecule has 0 unspecified atom stereocenters. The van der Waals surface area contributed by atoms with Crippen LogP contribution in [0.2, 0.25) is 10.0 Å². The molecule has 1 aromatic heterocycles. The van der Waals surface area contributed by atoms with E-state index in [-0.39, 0.29) is 17.0 Å². The molecule has 0 aliphatic carbocycles. The zero-order chi connectivity index (χ0) is 18.5. The predicted octanol–water partition coefficient (Wildman–Crippen LogP) is 4.89. The molecule has 130 valence electrons. The first-order valence-corrected chi connectivity index (χ1v) is 8.36. The number of carbonyl (C=O) groups excluding carboxylic acids is 2. The van der Waals surface area contributed by atoms with Crippen LogP contribution in [0.15, 0.2) is 67.0 Å². The van der Waals surface area contributed by atoms with E-state index in [4.69, 9.17) is 23.2 Å². The van der Waals surface area contributed by atoms with Crippen molar-refractivity contribution in [2.24, 2.45) is 0 Å². The van der Waals surface area contributed by atoms with Crippen LogP contribution in [0, 0.1) is 0 Å². The lowest BCUT2D eigenvalue weighted by molar-refractivity contribution is 0.102. The summed E-state index contributed by atoms with van der Waals surface area (Å²) in [5, 5.41) is 6.23. The number of nitrogens with zero attached hydrogens (tertiary/aromatic N) is 1. The second-order valence-electron chi connectivity index (χ2n) is 5.39. The van der Waals surface area contributed by atoms with E-state index in [1.165, 1.54) is 18.5 Å². The highest BCUT2D eigenvalue weighted by molar-refractivity contribution is 6.35. The lowest BCUT2D eigenvalue weighted by Gasteiger charge is -2.08. The molecule has 0 aliphatic rings. The maximum absolute atomic E-state index is 12.4. The molecule has 3 aromatic rings. The molecule has 2 N–H and O–H groups in total. The van der Waals surface area contributed by atoms with Gasteiger partial charge in [-0.2, -0.15) is 0 Å². The molecule has 7 heteroatoms. The van der Waals surface area contributed by atoms with Gasteiger partial charge in [0.15, 0.2) is 0 Å². The predicted molar refractivity (Wildman–Crippen MR) is 103 cm³/mol. The van der Waals surface area contributed by atoms with Crippen molar-refractivity contribution in [3.05, 3.63) is 88.2 Å². The summed E-state index contributed by atoms with van der Waals surface area (Å²) in [5.41, 5.74) is 1.61. The van der Waals surface area contributed by atoms with Crippen molar-refractivity contribution in [2.75, 3.05) is 10.6 Å². The van der Waals surface area contributed by atoms with E-state index in [9.17, 15) is 9.59 Å². The molecule has 3 rings (SSSR count). The highest BCUT2D eigenvalue weighted by Gasteiger charge is 2.12. The Morgan fingerprint density at radius 2 is 1.27 bits per heavy atom. The SMILES string of the molecule is O=C(Nc1ccccc1)c1cncc(C(=O)Nc2cc(Cl)cc(Cl)c2)c1. The number of aromatic nitrogens is 1. The van der Waals surface area contributed by atoms with E-state index < -0.39 is 5.91 Å². The summed E-state index contributed by atoms with van der Waals surface area (Å²) in [4.78, 5) is 28.7. The molecule has 0 radical (unpaired) electrons. The van der Waals surface area contributed by atoms with Crippen molar-refractivity contribution in [1.82, 2.24) is 4.98 Å². The third-order valence-electron chi connectivity index (χ3n) is 3.41. The van der Waals surface area contributed by atoms with E-state index in [1.807, 2.05) is 18.2 Å². The Kier molecular flexibility index (Phi) is 5.51. The Hall–Kier alpha value is -2.89. The Bertz CT molecular complexity index is 942. The molecule has 0 aliphatic heterocycles. The first-order valence-electron chi connectivity index (χ1n) is 7.60. The van der Waals surface area contributed by atoms with Crippen molar-refractivity contribution < 1.29 is 9.59 Å². The molecule has 0 saturated carbocycles. The minimum absolute atomic E-state index is 0.238. The standard InChI is InChI=1S/C19H13Cl2N3O2/c20-14-7-15(21)9-17(8-14)24-19(26)13-6-12(10-22-11-13)18(25)23-16-4-2-1-3-5-16/h1-11H,(H,23,25)(H,24,26). The second-order valence-corrected chi connectivity index (χ2v) is 6.27. The van der Waals surface area contributed by atoms with Gasteiger partial charge < -0.3 is 10.6 Å². The first-order chi connectivity index (χ1) is 12.5. The van der Waals surface area contributed by atoms with Gasteiger partial charge in [0.1, 0.15) is 0 Å². The number of hydrogen-bond donors (Lipinski definition) is 2. The fraction of sp³-hybridized carbons (Fsp3) is 0. The normalized spacial score (nSPS) is 10.2. The van der Waals surface area contributed by atoms with Crippen LogP contribution in [0.3, 0.4) is 0 Å². The van der Waals surface area contributed by atoms with Gasteiger partial charge in [-0.05, 0) is 36.4 Å². The number of anilines is 2. The monoisotopic (exact) mass is 385 g/mol. The summed E-state index contributed by atoms with van der Waals surface area (Å²) in [5.74, 6) is -0.783. The number of pyridine rings is 1. The van der Waals surface area contributed by atoms with Gasteiger partial charge >= 0.3 is 0 Å². The summed E-state index contributed by atoms with van der Waals surface area (Å²) in [6, 6.07) is 15.2. The summed E-state index contributed by atoms with van der Waals surface area (Å²) in [6.07, 6.45) is 2.77. The number of halogens is 2. The third kappa shape index (κ3) is 4.59. The van der Waals surface area contributed by atoms with Crippen LogP contribution in [0.1, 0.15) is 20.7 Å². The Balaban J connectivity index is 1.75. The molecule has 0 spiro atoms. The fourth-order valence-corrected chi connectivity index (χ4v) is 2.77. The maximum atomic E-state index is 12.4.